The van der Waals surface area contributed by atoms with Crippen molar-refractivity contribution >= 4 is 33.0 Å². The normalized spacial score (nSPS) is 20.9. The summed E-state index contributed by atoms with van der Waals surface area (Å²) in [5, 5.41) is 0. The number of para-hydroxylation sites is 1. The Kier molecular flexibility index (Phi) is 4.91. The van der Waals surface area contributed by atoms with Gasteiger partial charge < -0.3 is 4.90 Å². The summed E-state index contributed by atoms with van der Waals surface area (Å²) in [5.41, 5.74) is 3.85. The zero-order valence-corrected chi connectivity index (χ0v) is 19.8. The minimum Gasteiger partial charge on any atom is -0.304 e. The molecule has 2 amide bonds. The first-order chi connectivity index (χ1) is 16.1. The summed E-state index contributed by atoms with van der Waals surface area (Å²) >= 11 is 0. The second-order valence-corrected chi connectivity index (χ2v) is 11.0. The van der Waals surface area contributed by atoms with Crippen LogP contribution in [0.25, 0.3) is 0 Å². The predicted molar refractivity (Wildman–Crippen MR) is 128 cm³/mol. The first-order valence-corrected chi connectivity index (χ1v) is 12.5. The topological polar surface area (TPSA) is 74.8 Å². The number of amides is 2. The van der Waals surface area contributed by atoms with Crippen LogP contribution < -0.4 is 9.80 Å². The maximum Gasteiger partial charge on any atom is 0.274 e. The van der Waals surface area contributed by atoms with Crippen molar-refractivity contribution in [2.45, 2.75) is 32.2 Å². The van der Waals surface area contributed by atoms with Gasteiger partial charge in [-0.2, -0.15) is 0 Å². The Bertz CT molecular complexity index is 1480. The number of hydrogen-bond acceptors (Lipinski definition) is 4. The zero-order valence-electron chi connectivity index (χ0n) is 19.0. The molecule has 1 atom stereocenters. The van der Waals surface area contributed by atoms with Gasteiger partial charge in [-0.3, -0.25) is 14.5 Å². The lowest BCUT2D eigenvalue weighted by Gasteiger charge is -2.32. The number of nitrogens with zero attached hydrogens (tertiary/aromatic N) is 2. The van der Waals surface area contributed by atoms with Gasteiger partial charge in [0.25, 0.3) is 10.8 Å². The molecule has 2 aliphatic rings. The Balaban J connectivity index is 1.75. The van der Waals surface area contributed by atoms with Crippen LogP contribution in [-0.2, 0) is 30.8 Å². The van der Waals surface area contributed by atoms with Crippen LogP contribution in [0.5, 0.6) is 0 Å². The van der Waals surface area contributed by atoms with Gasteiger partial charge in [-0.15, -0.1) is 0 Å². The second-order valence-electron chi connectivity index (χ2n) is 8.90. The van der Waals surface area contributed by atoms with Crippen LogP contribution in [-0.4, -0.2) is 26.0 Å². The number of rotatable bonds is 3. The molecule has 174 valence electrons. The van der Waals surface area contributed by atoms with Crippen molar-refractivity contribution in [1.82, 2.24) is 0 Å². The van der Waals surface area contributed by atoms with Crippen molar-refractivity contribution in [3.63, 3.8) is 0 Å². The molecular formula is C26H23FN2O4S. The highest BCUT2D eigenvalue weighted by atomic mass is 32.2. The lowest BCUT2D eigenvalue weighted by molar-refractivity contribution is -0.123. The van der Waals surface area contributed by atoms with E-state index in [4.69, 9.17) is 0 Å². The summed E-state index contributed by atoms with van der Waals surface area (Å²) in [4.78, 5) is 27.4. The van der Waals surface area contributed by atoms with Gasteiger partial charge in [0.1, 0.15) is 11.6 Å². The fourth-order valence-corrected chi connectivity index (χ4v) is 6.94. The van der Waals surface area contributed by atoms with E-state index < -0.39 is 38.1 Å². The molecule has 2 heterocycles. The van der Waals surface area contributed by atoms with Crippen LogP contribution in [0.4, 0.5) is 15.8 Å². The molecule has 0 aromatic heterocycles. The predicted octanol–water partition coefficient (Wildman–Crippen LogP) is 3.91. The quantitative estimate of drug-likeness (QED) is 0.572. The van der Waals surface area contributed by atoms with E-state index in [1.165, 1.54) is 17.0 Å². The van der Waals surface area contributed by atoms with Gasteiger partial charge in [0.2, 0.25) is 5.91 Å². The molecule has 1 fully saturated rings. The Morgan fingerprint density at radius 2 is 1.65 bits per heavy atom. The maximum absolute atomic E-state index is 14.5. The summed E-state index contributed by atoms with van der Waals surface area (Å²) in [7, 11) is -4.30. The molecule has 34 heavy (non-hydrogen) atoms. The van der Waals surface area contributed by atoms with Gasteiger partial charge in [-0.25, -0.2) is 12.8 Å². The molecule has 3 aromatic carbocycles. The molecule has 8 heteroatoms. The van der Waals surface area contributed by atoms with E-state index in [2.05, 4.69) is 0 Å². The Hall–Kier alpha value is -3.52. The zero-order chi connectivity index (χ0) is 24.4. The van der Waals surface area contributed by atoms with E-state index in [0.29, 0.717) is 11.3 Å². The number of sulfone groups is 1. The minimum atomic E-state index is -4.30. The van der Waals surface area contributed by atoms with Crippen LogP contribution >= 0.6 is 0 Å². The number of fused-ring (bicyclic) bond motifs is 2. The molecule has 2 aliphatic heterocycles. The standard InChI is InChI=1S/C26H23FN2O4S/c1-16-8-9-17(2)19(12-16)14-28-23-7-5-4-6-21(23)26(25(28)31)29(24(30)15-34(26,32)33)20-11-10-18(3)22(27)13-20/h4-13H,14-15H2,1-3H3. The Labute approximate surface area is 197 Å². The van der Waals surface area contributed by atoms with Gasteiger partial charge in [-0.05, 0) is 55.7 Å². The lowest BCUT2D eigenvalue weighted by atomic mass is 10.0. The number of carbonyl (C=O) groups excluding carboxylic acids is 2. The van der Waals surface area contributed by atoms with Crippen LogP contribution in [0.1, 0.15) is 27.8 Å². The molecule has 0 aliphatic carbocycles. The molecule has 1 spiro atoms. The van der Waals surface area contributed by atoms with Gasteiger partial charge in [0.15, 0.2) is 9.84 Å². The van der Waals surface area contributed by atoms with E-state index in [-0.39, 0.29) is 17.8 Å². The number of anilines is 2. The number of carbonyl (C=O) groups is 2. The third kappa shape index (κ3) is 2.94. The van der Waals surface area contributed by atoms with Gasteiger partial charge in [0.05, 0.1) is 12.2 Å². The SMILES string of the molecule is Cc1ccc(C)c(CN2C(=O)C3(c4ccccc42)N(c2ccc(C)c(F)c2)C(=O)CS3(=O)=O)c1. The highest BCUT2D eigenvalue weighted by molar-refractivity contribution is 7.94. The molecule has 0 saturated carbocycles. The molecule has 0 radical (unpaired) electrons. The Morgan fingerprint density at radius 3 is 2.38 bits per heavy atom. The van der Waals surface area contributed by atoms with Crippen LogP contribution in [0, 0.1) is 26.6 Å². The largest absolute Gasteiger partial charge is 0.304 e. The van der Waals surface area contributed by atoms with Gasteiger partial charge in [-0.1, -0.05) is 48.0 Å². The summed E-state index contributed by atoms with van der Waals surface area (Å²) in [5.74, 6) is -2.92. The van der Waals surface area contributed by atoms with Crippen LogP contribution in [0.15, 0.2) is 60.7 Å². The van der Waals surface area contributed by atoms with Crippen molar-refractivity contribution < 1.29 is 22.4 Å². The average molecular weight is 479 g/mol. The maximum atomic E-state index is 14.5. The summed E-state index contributed by atoms with van der Waals surface area (Å²) in [6.07, 6.45) is 0. The third-order valence-electron chi connectivity index (χ3n) is 6.67. The molecule has 1 saturated heterocycles. The van der Waals surface area contributed by atoms with Crippen molar-refractivity contribution in [2.75, 3.05) is 15.6 Å². The summed E-state index contributed by atoms with van der Waals surface area (Å²) < 4.78 is 41.7. The number of hydrogen-bond donors (Lipinski definition) is 0. The molecule has 3 aromatic rings. The Morgan fingerprint density at radius 1 is 0.941 bits per heavy atom. The van der Waals surface area contributed by atoms with Crippen molar-refractivity contribution in [3.05, 3.63) is 94.3 Å². The third-order valence-corrected chi connectivity index (χ3v) is 8.77. The second kappa shape index (κ2) is 7.50. The van der Waals surface area contributed by atoms with Crippen LogP contribution in [0.3, 0.4) is 0 Å². The number of aryl methyl sites for hydroxylation is 3. The fraction of sp³-hybridized carbons (Fsp3) is 0.231. The molecule has 6 nitrogen and oxygen atoms in total. The number of benzene rings is 3. The monoisotopic (exact) mass is 478 g/mol. The first-order valence-electron chi connectivity index (χ1n) is 10.9. The van der Waals surface area contributed by atoms with Crippen molar-refractivity contribution in [1.29, 1.82) is 0 Å². The van der Waals surface area contributed by atoms with Crippen molar-refractivity contribution in [3.8, 4) is 0 Å². The summed E-state index contributed by atoms with van der Waals surface area (Å²) in [6.45, 7) is 5.58. The summed E-state index contributed by atoms with van der Waals surface area (Å²) in [6, 6.07) is 16.5. The number of halogens is 1. The molecule has 0 bridgehead atoms. The molecular weight excluding hydrogens is 455 g/mol. The van der Waals surface area contributed by atoms with Gasteiger partial charge in [0, 0.05) is 11.3 Å². The van der Waals surface area contributed by atoms with E-state index in [0.717, 1.165) is 27.7 Å². The van der Waals surface area contributed by atoms with E-state index in [1.807, 2.05) is 32.0 Å². The van der Waals surface area contributed by atoms with Crippen LogP contribution in [0.2, 0.25) is 0 Å². The molecule has 0 N–H and O–H groups in total. The smallest absolute Gasteiger partial charge is 0.274 e. The molecule has 5 rings (SSSR count). The average Bonchev–Trinajstić information content (AvgIpc) is 3.15. The van der Waals surface area contributed by atoms with E-state index in [9.17, 15) is 22.4 Å². The highest BCUT2D eigenvalue weighted by Crippen LogP contribution is 2.52. The molecule has 1 unspecified atom stereocenters. The van der Waals surface area contributed by atoms with E-state index in [1.54, 1.807) is 31.2 Å². The first kappa shape index (κ1) is 22.3. The van der Waals surface area contributed by atoms with E-state index >= 15 is 0 Å². The lowest BCUT2D eigenvalue weighted by Crippen LogP contribution is -2.54. The van der Waals surface area contributed by atoms with Gasteiger partial charge >= 0.3 is 0 Å². The minimum absolute atomic E-state index is 0.0333. The fourth-order valence-electron chi connectivity index (χ4n) is 4.91. The van der Waals surface area contributed by atoms with Crippen molar-refractivity contribution in [2.24, 2.45) is 0 Å². The highest BCUT2D eigenvalue weighted by Gasteiger charge is 2.69.